The van der Waals surface area contributed by atoms with Crippen LogP contribution in [0.5, 0.6) is 0 Å². The molecule has 0 spiro atoms. The molecule has 4 heteroatoms. The fourth-order valence-corrected chi connectivity index (χ4v) is 2.50. The normalized spacial score (nSPS) is 14.3. The fourth-order valence-electron chi connectivity index (χ4n) is 2.50. The molecular formula is C15H12F3N. The highest BCUT2D eigenvalue weighted by Gasteiger charge is 2.17. The maximum atomic E-state index is 13.3. The van der Waals surface area contributed by atoms with Crippen molar-refractivity contribution in [3.8, 4) is 11.1 Å². The Labute approximate surface area is 109 Å². The van der Waals surface area contributed by atoms with Crippen LogP contribution in [0.1, 0.15) is 11.1 Å². The minimum absolute atomic E-state index is 0.372. The summed E-state index contributed by atoms with van der Waals surface area (Å²) in [7, 11) is 0. The Morgan fingerprint density at radius 3 is 2.47 bits per heavy atom. The van der Waals surface area contributed by atoms with Crippen molar-refractivity contribution in [2.75, 3.05) is 6.54 Å². The molecule has 2 aromatic rings. The van der Waals surface area contributed by atoms with Gasteiger partial charge in [0.05, 0.1) is 0 Å². The van der Waals surface area contributed by atoms with Gasteiger partial charge in [-0.05, 0) is 47.4 Å². The zero-order valence-electron chi connectivity index (χ0n) is 10.1. The van der Waals surface area contributed by atoms with Crippen LogP contribution >= 0.6 is 0 Å². The molecule has 1 aliphatic rings. The molecule has 0 unspecified atom stereocenters. The first-order valence-corrected chi connectivity index (χ1v) is 6.13. The van der Waals surface area contributed by atoms with Gasteiger partial charge in [0, 0.05) is 6.54 Å². The molecule has 3 rings (SSSR count). The highest BCUT2D eigenvalue weighted by molar-refractivity contribution is 5.69. The first-order chi connectivity index (χ1) is 9.16. The summed E-state index contributed by atoms with van der Waals surface area (Å²) in [5.74, 6) is -3.74. The Balaban J connectivity index is 2.17. The van der Waals surface area contributed by atoms with E-state index in [0.717, 1.165) is 36.2 Å². The molecule has 1 heterocycles. The van der Waals surface area contributed by atoms with Gasteiger partial charge in [-0.3, -0.25) is 0 Å². The van der Waals surface area contributed by atoms with E-state index >= 15 is 0 Å². The van der Waals surface area contributed by atoms with Gasteiger partial charge in [-0.2, -0.15) is 0 Å². The van der Waals surface area contributed by atoms with Crippen molar-refractivity contribution >= 4 is 0 Å². The summed E-state index contributed by atoms with van der Waals surface area (Å²) in [6.07, 6.45) is 0.884. The van der Waals surface area contributed by atoms with Crippen LogP contribution in [-0.4, -0.2) is 6.54 Å². The van der Waals surface area contributed by atoms with Gasteiger partial charge >= 0.3 is 0 Å². The van der Waals surface area contributed by atoms with E-state index in [1.165, 1.54) is 5.56 Å². The molecule has 19 heavy (non-hydrogen) atoms. The zero-order valence-corrected chi connectivity index (χ0v) is 10.1. The van der Waals surface area contributed by atoms with E-state index in [0.29, 0.717) is 12.1 Å². The highest BCUT2D eigenvalue weighted by Crippen LogP contribution is 2.30. The topological polar surface area (TPSA) is 12.0 Å². The quantitative estimate of drug-likeness (QED) is 0.777. The Morgan fingerprint density at radius 2 is 1.74 bits per heavy atom. The Kier molecular flexibility index (Phi) is 3.03. The lowest BCUT2D eigenvalue weighted by molar-refractivity contribution is 0.447. The number of hydrogen-bond acceptors (Lipinski definition) is 1. The van der Waals surface area contributed by atoms with E-state index in [1.54, 1.807) is 6.07 Å². The summed E-state index contributed by atoms with van der Waals surface area (Å²) in [5, 5.41) is 3.23. The summed E-state index contributed by atoms with van der Waals surface area (Å²) in [6, 6.07) is 7.76. The van der Waals surface area contributed by atoms with E-state index < -0.39 is 17.5 Å². The summed E-state index contributed by atoms with van der Waals surface area (Å²) < 4.78 is 39.7. The van der Waals surface area contributed by atoms with Gasteiger partial charge in [0.15, 0.2) is 17.5 Å². The van der Waals surface area contributed by atoms with E-state index in [4.69, 9.17) is 0 Å². The summed E-state index contributed by atoms with van der Waals surface area (Å²) in [5.41, 5.74) is 3.32. The summed E-state index contributed by atoms with van der Waals surface area (Å²) in [4.78, 5) is 0. The predicted molar refractivity (Wildman–Crippen MR) is 67.2 cm³/mol. The minimum atomic E-state index is -1.42. The van der Waals surface area contributed by atoms with Crippen molar-refractivity contribution in [3.05, 3.63) is 58.9 Å². The summed E-state index contributed by atoms with van der Waals surface area (Å²) in [6.45, 7) is 1.55. The largest absolute Gasteiger partial charge is 0.312 e. The van der Waals surface area contributed by atoms with Gasteiger partial charge in [0.1, 0.15) is 0 Å². The van der Waals surface area contributed by atoms with Gasteiger partial charge in [-0.15, -0.1) is 0 Å². The first kappa shape index (κ1) is 12.2. The molecule has 98 valence electrons. The Bertz CT molecular complexity index is 614. The number of halogens is 3. The van der Waals surface area contributed by atoms with Crippen LogP contribution in [0, 0.1) is 17.5 Å². The van der Waals surface area contributed by atoms with Crippen molar-refractivity contribution in [2.24, 2.45) is 0 Å². The molecule has 0 aliphatic carbocycles. The predicted octanol–water partition coefficient (Wildman–Crippen LogP) is 3.42. The third-order valence-electron chi connectivity index (χ3n) is 3.44. The SMILES string of the molecule is Fc1cc(-c2cccc3c2CNCC3)cc(F)c1F. The standard InChI is InChI=1S/C15H12F3N/c16-13-6-10(7-14(17)15(13)18)11-3-1-2-9-4-5-19-8-12(9)11/h1-3,6-7,19H,4-5,8H2. The lowest BCUT2D eigenvalue weighted by atomic mass is 9.92. The maximum absolute atomic E-state index is 13.3. The molecular weight excluding hydrogens is 251 g/mol. The van der Waals surface area contributed by atoms with Crippen LogP contribution in [0.25, 0.3) is 11.1 Å². The fraction of sp³-hybridized carbons (Fsp3) is 0.200. The lowest BCUT2D eigenvalue weighted by Gasteiger charge is -2.20. The second-order valence-electron chi connectivity index (χ2n) is 4.62. The van der Waals surface area contributed by atoms with Gasteiger partial charge in [-0.25, -0.2) is 13.2 Å². The molecule has 0 saturated heterocycles. The average Bonchev–Trinajstić information content (AvgIpc) is 2.43. The Morgan fingerprint density at radius 1 is 1.00 bits per heavy atom. The molecule has 0 saturated carbocycles. The van der Waals surface area contributed by atoms with Crippen LogP contribution in [0.15, 0.2) is 30.3 Å². The van der Waals surface area contributed by atoms with Crippen LogP contribution < -0.4 is 5.32 Å². The van der Waals surface area contributed by atoms with E-state index in [2.05, 4.69) is 5.32 Å². The number of hydrogen-bond donors (Lipinski definition) is 1. The molecule has 0 bridgehead atoms. The van der Waals surface area contributed by atoms with Gasteiger partial charge in [0.2, 0.25) is 0 Å². The number of benzene rings is 2. The molecule has 0 fully saturated rings. The van der Waals surface area contributed by atoms with Crippen molar-refractivity contribution in [2.45, 2.75) is 13.0 Å². The minimum Gasteiger partial charge on any atom is -0.312 e. The van der Waals surface area contributed by atoms with Crippen LogP contribution in [0.3, 0.4) is 0 Å². The van der Waals surface area contributed by atoms with E-state index in [-0.39, 0.29) is 0 Å². The van der Waals surface area contributed by atoms with Gasteiger partial charge in [0.25, 0.3) is 0 Å². The van der Waals surface area contributed by atoms with E-state index in [9.17, 15) is 13.2 Å². The van der Waals surface area contributed by atoms with Crippen LogP contribution in [0.2, 0.25) is 0 Å². The van der Waals surface area contributed by atoms with Crippen LogP contribution in [-0.2, 0) is 13.0 Å². The van der Waals surface area contributed by atoms with E-state index in [1.807, 2.05) is 12.1 Å². The molecule has 0 amide bonds. The van der Waals surface area contributed by atoms with Crippen molar-refractivity contribution < 1.29 is 13.2 Å². The van der Waals surface area contributed by atoms with Crippen LogP contribution in [0.4, 0.5) is 13.2 Å². The van der Waals surface area contributed by atoms with Gasteiger partial charge < -0.3 is 5.32 Å². The molecule has 2 aromatic carbocycles. The molecule has 1 nitrogen and oxygen atoms in total. The van der Waals surface area contributed by atoms with Crippen molar-refractivity contribution in [1.29, 1.82) is 0 Å². The molecule has 0 aromatic heterocycles. The molecule has 0 radical (unpaired) electrons. The molecule has 0 atom stereocenters. The molecule has 1 aliphatic heterocycles. The second-order valence-corrected chi connectivity index (χ2v) is 4.62. The van der Waals surface area contributed by atoms with Crippen molar-refractivity contribution in [1.82, 2.24) is 5.32 Å². The first-order valence-electron chi connectivity index (χ1n) is 6.13. The highest BCUT2D eigenvalue weighted by atomic mass is 19.2. The average molecular weight is 263 g/mol. The number of nitrogens with one attached hydrogen (secondary N) is 1. The third-order valence-corrected chi connectivity index (χ3v) is 3.44. The maximum Gasteiger partial charge on any atom is 0.194 e. The lowest BCUT2D eigenvalue weighted by Crippen LogP contribution is -2.24. The number of rotatable bonds is 1. The monoisotopic (exact) mass is 263 g/mol. The van der Waals surface area contributed by atoms with Crippen molar-refractivity contribution in [3.63, 3.8) is 0 Å². The third kappa shape index (κ3) is 2.12. The number of fused-ring (bicyclic) bond motifs is 1. The Hall–Kier alpha value is -1.81. The second kappa shape index (κ2) is 4.70. The smallest absolute Gasteiger partial charge is 0.194 e. The van der Waals surface area contributed by atoms with Gasteiger partial charge in [-0.1, -0.05) is 18.2 Å². The summed E-state index contributed by atoms with van der Waals surface area (Å²) >= 11 is 0. The molecule has 1 N–H and O–H groups in total. The zero-order chi connectivity index (χ0) is 13.4.